The van der Waals surface area contributed by atoms with Gasteiger partial charge in [0.05, 0.1) is 29.6 Å². The van der Waals surface area contributed by atoms with Crippen LogP contribution in [0.5, 0.6) is 0 Å². The van der Waals surface area contributed by atoms with E-state index in [2.05, 4.69) is 17.1 Å². The number of nitrogens with one attached hydrogen (secondary N) is 1. The summed E-state index contributed by atoms with van der Waals surface area (Å²) < 4.78 is 25.3. The normalized spacial score (nSPS) is 43.6. The number of likely N-dealkylation sites (N-methyl/N-ethyl adjacent to an activating group) is 1. The van der Waals surface area contributed by atoms with Gasteiger partial charge in [-0.05, 0) is 68.6 Å². The number of likely N-dealkylation sites (tertiary alicyclic amines) is 1. The smallest absolute Gasteiger partial charge is 0.340 e. The van der Waals surface area contributed by atoms with Crippen LogP contribution in [0.1, 0.15) is 59.7 Å². The largest absolute Gasteiger partial charge is 0.454 e. The van der Waals surface area contributed by atoms with E-state index in [-0.39, 0.29) is 53.4 Å². The Hall–Kier alpha value is -2.57. The van der Waals surface area contributed by atoms with Crippen LogP contribution in [0.3, 0.4) is 0 Å². The van der Waals surface area contributed by atoms with E-state index in [9.17, 15) is 19.8 Å². The van der Waals surface area contributed by atoms with Crippen molar-refractivity contribution < 1.29 is 38.7 Å². The molecular formula is C37H45ClN2O8. The number of carbonyl (C=O) groups is 2. The number of halogens is 1. The highest BCUT2D eigenvalue weighted by molar-refractivity contribution is 6.30. The summed E-state index contributed by atoms with van der Waals surface area (Å²) in [6, 6.07) is 13.4. The zero-order valence-electron chi connectivity index (χ0n) is 27.9. The summed E-state index contributed by atoms with van der Waals surface area (Å²) in [4.78, 5) is 29.9. The number of nitrogens with zero attached hydrogens (tertiary/aromatic N) is 1. The van der Waals surface area contributed by atoms with Gasteiger partial charge < -0.3 is 34.5 Å². The first kappa shape index (κ1) is 32.6. The Morgan fingerprint density at radius 3 is 2.44 bits per heavy atom. The number of methoxy groups -OCH3 is 3. The zero-order valence-corrected chi connectivity index (χ0v) is 28.6. The molecule has 48 heavy (non-hydrogen) atoms. The third-order valence-corrected chi connectivity index (χ3v) is 13.9. The van der Waals surface area contributed by atoms with Crippen molar-refractivity contribution in [2.45, 2.75) is 80.2 Å². The van der Waals surface area contributed by atoms with Gasteiger partial charge in [0, 0.05) is 80.0 Å². The predicted octanol–water partition coefficient (Wildman–Crippen LogP) is 4.17. The number of anilines is 1. The SMILES string of the molecule is CCN1C[C@]2(OC(=O)c3ccccc3NC(=O)c3ccc(Cl)cc3)CC[C@H](OC)[C@]34C1[C@H](C[C@H]23)[C@@]1(O)C[C@H](OC)[C@H]2C[C@@H]4[C@]1(O)[C@H]2OC. The molecule has 3 N–H and O–H groups in total. The van der Waals surface area contributed by atoms with Crippen LogP contribution in [-0.2, 0) is 18.9 Å². The molecule has 12 atom stereocenters. The lowest BCUT2D eigenvalue weighted by Gasteiger charge is -2.70. The monoisotopic (exact) mass is 680 g/mol. The molecule has 6 fully saturated rings. The first-order valence-corrected chi connectivity index (χ1v) is 17.6. The van der Waals surface area contributed by atoms with Crippen LogP contribution in [0.15, 0.2) is 48.5 Å². The number of hydrogen-bond donors (Lipinski definition) is 3. The van der Waals surface area contributed by atoms with Gasteiger partial charge in [0.25, 0.3) is 5.91 Å². The zero-order chi connectivity index (χ0) is 33.8. The van der Waals surface area contributed by atoms with E-state index in [1.807, 2.05) is 0 Å². The van der Waals surface area contributed by atoms with E-state index in [1.54, 1.807) is 69.9 Å². The molecule has 11 heteroatoms. The molecule has 5 saturated carbocycles. The van der Waals surface area contributed by atoms with Crippen LogP contribution < -0.4 is 5.32 Å². The maximum absolute atomic E-state index is 14.4. The minimum absolute atomic E-state index is 0.0716. The standard InChI is InChI=1S/C37H45ClN2O8/c1-5-40-19-34(48-33(42)22-8-6-7-9-25(22)39-32(41)20-10-12-21(38)13-11-20)15-14-29(46-3)36-27(34)17-24(30(36)40)35(43)18-26(45-2)23-16-28(36)37(35,44)31(23)47-4/h6-13,23-24,26-31,43-44H,5,14-19H2,1-4H3,(H,39,41)/t23-,24+,26+,27-,28+,29+,30?,31+,34-,35+,36+,37+/m1/s1. The molecule has 258 valence electrons. The lowest BCUT2D eigenvalue weighted by Crippen LogP contribution is -2.83. The minimum atomic E-state index is -1.50. The second-order valence-electron chi connectivity index (χ2n) is 15.0. The van der Waals surface area contributed by atoms with Crippen LogP contribution in [0.4, 0.5) is 5.69 Å². The molecule has 2 aromatic rings. The van der Waals surface area contributed by atoms with Crippen molar-refractivity contribution in [1.82, 2.24) is 4.90 Å². The molecule has 1 heterocycles. The molecular weight excluding hydrogens is 636 g/mol. The Morgan fingerprint density at radius 2 is 1.75 bits per heavy atom. The van der Waals surface area contributed by atoms with E-state index in [4.69, 9.17) is 30.5 Å². The second kappa shape index (κ2) is 11.2. The van der Waals surface area contributed by atoms with Crippen molar-refractivity contribution in [3.05, 3.63) is 64.7 Å². The minimum Gasteiger partial charge on any atom is -0.454 e. The Bertz CT molecular complexity index is 1620. The fourth-order valence-corrected chi connectivity index (χ4v) is 12.3. The highest BCUT2D eigenvalue weighted by Crippen LogP contribution is 2.79. The summed E-state index contributed by atoms with van der Waals surface area (Å²) in [5.41, 5.74) is -3.41. The first-order valence-electron chi connectivity index (χ1n) is 17.2. The van der Waals surface area contributed by atoms with E-state index in [1.165, 1.54) is 0 Å². The van der Waals surface area contributed by atoms with E-state index in [0.717, 1.165) is 0 Å². The number of amides is 1. The highest BCUT2D eigenvalue weighted by Gasteiger charge is 2.89. The summed E-state index contributed by atoms with van der Waals surface area (Å²) in [5.74, 6) is -1.80. The summed E-state index contributed by atoms with van der Waals surface area (Å²) in [6.45, 7) is 3.31. The van der Waals surface area contributed by atoms with Gasteiger partial charge in [-0.1, -0.05) is 30.7 Å². The molecule has 0 aromatic heterocycles. The third kappa shape index (κ3) is 3.96. The van der Waals surface area contributed by atoms with Crippen molar-refractivity contribution in [3.8, 4) is 0 Å². The fraction of sp³-hybridized carbons (Fsp3) is 0.622. The molecule has 1 spiro atoms. The number of rotatable bonds is 8. The number of benzene rings is 2. The molecule has 2 aromatic carbocycles. The van der Waals surface area contributed by atoms with Crippen molar-refractivity contribution in [1.29, 1.82) is 0 Å². The van der Waals surface area contributed by atoms with Crippen LogP contribution in [-0.4, -0.2) is 103 Å². The van der Waals surface area contributed by atoms with Gasteiger partial charge in [0.1, 0.15) is 16.8 Å². The second-order valence-corrected chi connectivity index (χ2v) is 15.4. The average molecular weight is 681 g/mol. The fourth-order valence-electron chi connectivity index (χ4n) is 12.2. The summed E-state index contributed by atoms with van der Waals surface area (Å²) in [5, 5.41) is 29.3. The molecule has 7 bridgehead atoms. The van der Waals surface area contributed by atoms with E-state index >= 15 is 0 Å². The Morgan fingerprint density at radius 1 is 1.00 bits per heavy atom. The lowest BCUT2D eigenvalue weighted by molar-refractivity contribution is -0.337. The molecule has 1 unspecified atom stereocenters. The molecule has 5 aliphatic carbocycles. The number of aliphatic hydroxyl groups is 2. The maximum Gasteiger partial charge on any atom is 0.340 e. The number of carbonyl (C=O) groups excluding carboxylic acids is 2. The van der Waals surface area contributed by atoms with Gasteiger partial charge in [-0.25, -0.2) is 4.79 Å². The molecule has 10 nitrogen and oxygen atoms in total. The van der Waals surface area contributed by atoms with Crippen molar-refractivity contribution in [2.75, 3.05) is 39.7 Å². The molecule has 1 saturated heterocycles. The number of hydrogen-bond acceptors (Lipinski definition) is 9. The third-order valence-electron chi connectivity index (χ3n) is 13.7. The topological polar surface area (TPSA) is 127 Å². The van der Waals surface area contributed by atoms with E-state index < -0.39 is 34.3 Å². The van der Waals surface area contributed by atoms with Gasteiger partial charge in [0.2, 0.25) is 0 Å². The average Bonchev–Trinajstić information content (AvgIpc) is 3.51. The maximum atomic E-state index is 14.4. The Labute approximate surface area is 286 Å². The lowest BCUT2D eigenvalue weighted by atomic mass is 9.44. The Balaban J connectivity index is 1.20. The highest BCUT2D eigenvalue weighted by atomic mass is 35.5. The van der Waals surface area contributed by atoms with Gasteiger partial charge in [-0.15, -0.1) is 0 Å². The first-order chi connectivity index (χ1) is 23.0. The number of ether oxygens (including phenoxy) is 4. The summed E-state index contributed by atoms with van der Waals surface area (Å²) in [7, 11) is 5.04. The van der Waals surface area contributed by atoms with Gasteiger partial charge in [-0.2, -0.15) is 0 Å². The van der Waals surface area contributed by atoms with Gasteiger partial charge in [-0.3, -0.25) is 9.69 Å². The molecule has 6 aliphatic rings. The molecule has 0 radical (unpaired) electrons. The Kier molecular flexibility index (Phi) is 7.62. The molecule has 1 amide bonds. The number of esters is 1. The van der Waals surface area contributed by atoms with Crippen molar-refractivity contribution in [3.63, 3.8) is 0 Å². The van der Waals surface area contributed by atoms with Crippen LogP contribution in [0.2, 0.25) is 5.02 Å². The number of fused-ring (bicyclic) bond motifs is 2. The quantitative estimate of drug-likeness (QED) is 0.352. The van der Waals surface area contributed by atoms with Crippen LogP contribution in [0, 0.1) is 29.1 Å². The predicted molar refractivity (Wildman–Crippen MR) is 177 cm³/mol. The van der Waals surface area contributed by atoms with Gasteiger partial charge >= 0.3 is 5.97 Å². The van der Waals surface area contributed by atoms with Crippen LogP contribution >= 0.6 is 11.6 Å². The van der Waals surface area contributed by atoms with Gasteiger partial charge in [0.15, 0.2) is 0 Å². The van der Waals surface area contributed by atoms with Crippen molar-refractivity contribution in [2.24, 2.45) is 29.1 Å². The number of piperidine rings is 1. The summed E-state index contributed by atoms with van der Waals surface area (Å²) >= 11 is 6.02. The van der Waals surface area contributed by atoms with E-state index in [0.29, 0.717) is 61.5 Å². The van der Waals surface area contributed by atoms with Crippen molar-refractivity contribution >= 4 is 29.2 Å². The van der Waals surface area contributed by atoms with Crippen LogP contribution in [0.25, 0.3) is 0 Å². The summed E-state index contributed by atoms with van der Waals surface area (Å²) in [6.07, 6.45) is 1.72. The number of para-hydroxylation sites is 1. The molecule has 1 aliphatic heterocycles. The molecule has 8 rings (SSSR count).